The maximum Gasteiger partial charge on any atom is 0.243 e. The summed E-state index contributed by atoms with van der Waals surface area (Å²) < 4.78 is 28.5. The van der Waals surface area contributed by atoms with Crippen LogP contribution in [0.4, 0.5) is 5.69 Å². The van der Waals surface area contributed by atoms with Crippen molar-refractivity contribution < 1.29 is 8.42 Å². The van der Waals surface area contributed by atoms with Gasteiger partial charge in [-0.25, -0.2) is 8.42 Å². The van der Waals surface area contributed by atoms with E-state index in [9.17, 15) is 8.42 Å². The molecule has 2 aliphatic rings. The van der Waals surface area contributed by atoms with Gasteiger partial charge in [0.1, 0.15) is 0 Å². The van der Waals surface area contributed by atoms with Crippen molar-refractivity contribution in [2.45, 2.75) is 81.2 Å². The molecule has 1 aromatic carbocycles. The van der Waals surface area contributed by atoms with E-state index in [1.54, 1.807) is 24.3 Å². The minimum Gasteiger partial charge on any atom is -0.399 e. The van der Waals surface area contributed by atoms with Crippen molar-refractivity contribution in [1.82, 2.24) is 4.31 Å². The van der Waals surface area contributed by atoms with Gasteiger partial charge in [-0.3, -0.25) is 0 Å². The van der Waals surface area contributed by atoms with E-state index in [-0.39, 0.29) is 12.1 Å². The Morgan fingerprint density at radius 2 is 1.22 bits per heavy atom. The summed E-state index contributed by atoms with van der Waals surface area (Å²) in [5, 5.41) is 0. The number of sulfonamides is 1. The summed E-state index contributed by atoms with van der Waals surface area (Å²) in [7, 11) is -3.44. The monoisotopic (exact) mass is 336 g/mol. The lowest BCUT2D eigenvalue weighted by molar-refractivity contribution is 0.170. The molecule has 0 unspecified atom stereocenters. The Balaban J connectivity index is 1.93. The molecule has 2 saturated carbocycles. The number of nitrogens with two attached hydrogens (primary N) is 1. The van der Waals surface area contributed by atoms with E-state index in [1.807, 2.05) is 4.31 Å². The quantitative estimate of drug-likeness (QED) is 0.848. The maximum absolute atomic E-state index is 13.3. The molecule has 2 N–H and O–H groups in total. The highest BCUT2D eigenvalue weighted by Gasteiger charge is 2.38. The second kappa shape index (κ2) is 7.22. The predicted octanol–water partition coefficient (Wildman–Crippen LogP) is 3.92. The van der Waals surface area contributed by atoms with Gasteiger partial charge in [-0.05, 0) is 49.9 Å². The normalized spacial score (nSPS) is 21.6. The van der Waals surface area contributed by atoms with Crippen molar-refractivity contribution in [3.63, 3.8) is 0 Å². The summed E-state index contributed by atoms with van der Waals surface area (Å²) in [5.41, 5.74) is 6.33. The smallest absolute Gasteiger partial charge is 0.243 e. The molecule has 0 aromatic heterocycles. The first kappa shape index (κ1) is 16.8. The summed E-state index contributed by atoms with van der Waals surface area (Å²) in [4.78, 5) is 0.392. The summed E-state index contributed by atoms with van der Waals surface area (Å²) in [6.07, 6.45) is 11.1. The number of nitrogens with zero attached hydrogens (tertiary/aromatic N) is 1. The first-order chi connectivity index (χ1) is 11.1. The van der Waals surface area contributed by atoms with Crippen LogP contribution in [0.5, 0.6) is 0 Å². The van der Waals surface area contributed by atoms with Crippen LogP contribution in [0.1, 0.15) is 64.2 Å². The van der Waals surface area contributed by atoms with E-state index < -0.39 is 10.0 Å². The highest BCUT2D eigenvalue weighted by Crippen LogP contribution is 2.34. The topological polar surface area (TPSA) is 63.4 Å². The molecule has 0 bridgehead atoms. The second-order valence-electron chi connectivity index (χ2n) is 6.99. The fourth-order valence-electron chi connectivity index (χ4n) is 4.12. The molecule has 2 fully saturated rings. The zero-order valence-corrected chi connectivity index (χ0v) is 14.6. The van der Waals surface area contributed by atoms with Crippen molar-refractivity contribution in [3.8, 4) is 0 Å². The highest BCUT2D eigenvalue weighted by atomic mass is 32.2. The molecule has 0 heterocycles. The van der Waals surface area contributed by atoms with E-state index in [1.165, 1.54) is 12.8 Å². The molecule has 0 saturated heterocycles. The third kappa shape index (κ3) is 3.72. The van der Waals surface area contributed by atoms with Crippen LogP contribution >= 0.6 is 0 Å². The van der Waals surface area contributed by atoms with Gasteiger partial charge in [0.05, 0.1) is 4.90 Å². The Bertz CT molecular complexity index is 582. The van der Waals surface area contributed by atoms with E-state index in [0.717, 1.165) is 51.4 Å². The van der Waals surface area contributed by atoms with Crippen LogP contribution in [-0.4, -0.2) is 24.8 Å². The van der Waals surface area contributed by atoms with E-state index in [4.69, 9.17) is 5.73 Å². The number of rotatable bonds is 4. The summed E-state index contributed by atoms with van der Waals surface area (Å²) in [6, 6.07) is 7.04. The molecule has 2 aliphatic carbocycles. The number of hydrogen-bond donors (Lipinski definition) is 1. The number of nitrogen functional groups attached to an aromatic ring is 1. The van der Waals surface area contributed by atoms with Crippen molar-refractivity contribution in [2.75, 3.05) is 5.73 Å². The third-order valence-electron chi connectivity index (χ3n) is 5.32. The Morgan fingerprint density at radius 1 is 0.783 bits per heavy atom. The number of hydrogen-bond acceptors (Lipinski definition) is 3. The van der Waals surface area contributed by atoms with Gasteiger partial charge in [0.25, 0.3) is 0 Å². The summed E-state index contributed by atoms with van der Waals surface area (Å²) in [6.45, 7) is 0. The lowest BCUT2D eigenvalue weighted by Crippen LogP contribution is -2.48. The summed E-state index contributed by atoms with van der Waals surface area (Å²) >= 11 is 0. The first-order valence-electron chi connectivity index (χ1n) is 8.98. The maximum atomic E-state index is 13.3. The van der Waals surface area contributed by atoms with Crippen LogP contribution in [-0.2, 0) is 10.0 Å². The van der Waals surface area contributed by atoms with Gasteiger partial charge in [-0.2, -0.15) is 4.31 Å². The minimum atomic E-state index is -3.44. The lowest BCUT2D eigenvalue weighted by atomic mass is 9.91. The van der Waals surface area contributed by atoms with Gasteiger partial charge in [0.2, 0.25) is 10.0 Å². The molecule has 0 aliphatic heterocycles. The van der Waals surface area contributed by atoms with E-state index in [0.29, 0.717) is 10.6 Å². The fraction of sp³-hybridized carbons (Fsp3) is 0.667. The molecule has 0 radical (unpaired) electrons. The SMILES string of the molecule is Nc1ccc(S(=O)(=O)N(C2CCCCC2)C2CCCCC2)cc1. The Labute approximate surface area is 140 Å². The molecular weight excluding hydrogens is 308 g/mol. The van der Waals surface area contributed by atoms with E-state index >= 15 is 0 Å². The van der Waals surface area contributed by atoms with Crippen molar-refractivity contribution in [2.24, 2.45) is 0 Å². The van der Waals surface area contributed by atoms with Crippen LogP contribution < -0.4 is 5.73 Å². The molecule has 0 amide bonds. The molecule has 4 nitrogen and oxygen atoms in total. The van der Waals surface area contributed by atoms with Crippen LogP contribution in [0.15, 0.2) is 29.2 Å². The third-order valence-corrected chi connectivity index (χ3v) is 7.34. The Kier molecular flexibility index (Phi) is 5.27. The molecular formula is C18H28N2O2S. The molecule has 1 aromatic rings. The fourth-order valence-corrected chi connectivity index (χ4v) is 6.05. The molecule has 3 rings (SSSR count). The molecule has 5 heteroatoms. The van der Waals surface area contributed by atoms with Gasteiger partial charge in [-0.15, -0.1) is 0 Å². The average Bonchev–Trinajstić information content (AvgIpc) is 2.57. The van der Waals surface area contributed by atoms with Crippen LogP contribution in [0.3, 0.4) is 0 Å². The molecule has 0 spiro atoms. The zero-order valence-electron chi connectivity index (χ0n) is 13.8. The molecule has 23 heavy (non-hydrogen) atoms. The standard InChI is InChI=1S/C18H28N2O2S/c19-15-11-13-18(14-12-15)23(21,22)20(16-7-3-1-4-8-16)17-9-5-2-6-10-17/h11-14,16-17H,1-10,19H2. The zero-order chi connectivity index (χ0) is 16.3. The second-order valence-corrected chi connectivity index (χ2v) is 8.83. The highest BCUT2D eigenvalue weighted by molar-refractivity contribution is 7.89. The first-order valence-corrected chi connectivity index (χ1v) is 10.4. The van der Waals surface area contributed by atoms with Crippen LogP contribution in [0, 0.1) is 0 Å². The molecule has 0 atom stereocenters. The van der Waals surface area contributed by atoms with Gasteiger partial charge in [-0.1, -0.05) is 38.5 Å². The van der Waals surface area contributed by atoms with Crippen molar-refractivity contribution in [3.05, 3.63) is 24.3 Å². The van der Waals surface area contributed by atoms with Gasteiger partial charge in [0, 0.05) is 17.8 Å². The largest absolute Gasteiger partial charge is 0.399 e. The minimum absolute atomic E-state index is 0.175. The van der Waals surface area contributed by atoms with Crippen molar-refractivity contribution in [1.29, 1.82) is 0 Å². The Hall–Kier alpha value is -1.07. The number of benzene rings is 1. The van der Waals surface area contributed by atoms with Crippen LogP contribution in [0.2, 0.25) is 0 Å². The van der Waals surface area contributed by atoms with E-state index in [2.05, 4.69) is 0 Å². The lowest BCUT2D eigenvalue weighted by Gasteiger charge is -2.40. The van der Waals surface area contributed by atoms with Gasteiger partial charge in [0.15, 0.2) is 0 Å². The number of anilines is 1. The van der Waals surface area contributed by atoms with Crippen LogP contribution in [0.25, 0.3) is 0 Å². The average molecular weight is 337 g/mol. The van der Waals surface area contributed by atoms with Gasteiger partial charge >= 0.3 is 0 Å². The van der Waals surface area contributed by atoms with Gasteiger partial charge < -0.3 is 5.73 Å². The predicted molar refractivity (Wildman–Crippen MR) is 93.6 cm³/mol. The van der Waals surface area contributed by atoms with Crippen molar-refractivity contribution >= 4 is 15.7 Å². The molecule has 128 valence electrons. The Morgan fingerprint density at radius 3 is 1.65 bits per heavy atom. The summed E-state index contributed by atoms with van der Waals surface area (Å²) in [5.74, 6) is 0.